The highest BCUT2D eigenvalue weighted by Gasteiger charge is 2.39. The van der Waals surface area contributed by atoms with E-state index in [4.69, 9.17) is 15.9 Å². The molecule has 0 spiro atoms. The molecule has 1 aliphatic heterocycles. The zero-order valence-electron chi connectivity index (χ0n) is 17.6. The summed E-state index contributed by atoms with van der Waals surface area (Å²) in [6.07, 6.45) is 1.32. The normalized spacial score (nSPS) is 14.9. The van der Waals surface area contributed by atoms with Crippen molar-refractivity contribution in [1.82, 2.24) is 9.80 Å². The van der Waals surface area contributed by atoms with Crippen molar-refractivity contribution in [2.24, 2.45) is 5.73 Å². The Morgan fingerprint density at radius 3 is 2.34 bits per heavy atom. The van der Waals surface area contributed by atoms with Crippen molar-refractivity contribution in [2.45, 2.75) is 18.9 Å². The number of benzene rings is 2. The van der Waals surface area contributed by atoms with Gasteiger partial charge >= 0.3 is 17.8 Å². The molecule has 1 saturated heterocycles. The molecular weight excluding hydrogens is 412 g/mol. The van der Waals surface area contributed by atoms with E-state index in [0.717, 1.165) is 4.90 Å². The van der Waals surface area contributed by atoms with Crippen molar-refractivity contribution >= 4 is 23.6 Å². The number of nitrogens with one attached hydrogen (secondary N) is 1. The van der Waals surface area contributed by atoms with Gasteiger partial charge in [0.25, 0.3) is 0 Å². The van der Waals surface area contributed by atoms with Crippen LogP contribution in [0.5, 0.6) is 5.75 Å². The molecule has 0 bridgehead atoms. The third-order valence-corrected chi connectivity index (χ3v) is 5.26. The number of carbonyl (C=O) groups excluding carboxylic acids is 2. The van der Waals surface area contributed by atoms with Crippen LogP contribution in [-0.4, -0.2) is 64.8 Å². The highest BCUT2D eigenvalue weighted by Crippen LogP contribution is 2.24. The van der Waals surface area contributed by atoms with Crippen LogP contribution < -0.4 is 10.5 Å². The predicted octanol–water partition coefficient (Wildman–Crippen LogP) is 1.63. The lowest BCUT2D eigenvalue weighted by Gasteiger charge is -2.37. The van der Waals surface area contributed by atoms with E-state index in [1.54, 1.807) is 54.6 Å². The Morgan fingerprint density at radius 1 is 1.03 bits per heavy atom. The lowest BCUT2D eigenvalue weighted by Crippen LogP contribution is -2.56. The van der Waals surface area contributed by atoms with E-state index in [0.29, 0.717) is 42.9 Å². The molecule has 168 valence electrons. The van der Waals surface area contributed by atoms with Gasteiger partial charge in [-0.05, 0) is 42.7 Å². The summed E-state index contributed by atoms with van der Waals surface area (Å²) in [5.41, 5.74) is 6.50. The molecule has 1 fully saturated rings. The largest absolute Gasteiger partial charge is 0.494 e. The van der Waals surface area contributed by atoms with E-state index in [2.05, 4.69) is 0 Å². The summed E-state index contributed by atoms with van der Waals surface area (Å²) in [4.78, 5) is 39.6. The highest BCUT2D eigenvalue weighted by molar-refractivity contribution is 6.35. The Hall–Kier alpha value is -3.88. The van der Waals surface area contributed by atoms with Gasteiger partial charge in [-0.1, -0.05) is 30.3 Å². The SMILES string of the molecule is N=C(N)c1ccc(OCCCCN2CCN(C(C(=O)O)c3ccccc3)C(=O)C2=O)cc1. The van der Waals surface area contributed by atoms with Gasteiger partial charge in [0.15, 0.2) is 6.04 Å². The van der Waals surface area contributed by atoms with Crippen molar-refractivity contribution in [2.75, 3.05) is 26.2 Å². The van der Waals surface area contributed by atoms with Crippen LogP contribution in [0.2, 0.25) is 0 Å². The van der Waals surface area contributed by atoms with E-state index >= 15 is 0 Å². The number of amides is 2. The molecule has 1 atom stereocenters. The fraction of sp³-hybridized carbons (Fsp3) is 0.304. The van der Waals surface area contributed by atoms with Gasteiger partial charge in [-0.15, -0.1) is 0 Å². The van der Waals surface area contributed by atoms with Crippen LogP contribution in [0.3, 0.4) is 0 Å². The minimum absolute atomic E-state index is 0.00527. The summed E-state index contributed by atoms with van der Waals surface area (Å²) in [6, 6.07) is 14.2. The molecule has 4 N–H and O–H groups in total. The van der Waals surface area contributed by atoms with Crippen LogP contribution in [0.1, 0.15) is 30.0 Å². The number of carboxylic acids is 1. The van der Waals surface area contributed by atoms with Gasteiger partial charge in [-0.2, -0.15) is 0 Å². The number of unbranched alkanes of at least 4 members (excludes halogenated alkanes) is 1. The van der Waals surface area contributed by atoms with Gasteiger partial charge in [0.2, 0.25) is 0 Å². The summed E-state index contributed by atoms with van der Waals surface area (Å²) in [5.74, 6) is -1.99. The monoisotopic (exact) mass is 438 g/mol. The van der Waals surface area contributed by atoms with Gasteiger partial charge in [0.05, 0.1) is 6.61 Å². The van der Waals surface area contributed by atoms with Gasteiger partial charge in [-0.25, -0.2) is 4.79 Å². The molecule has 2 aromatic rings. The molecule has 1 aliphatic rings. The van der Waals surface area contributed by atoms with E-state index in [1.807, 2.05) is 0 Å². The number of amidine groups is 1. The first-order chi connectivity index (χ1) is 15.4. The molecular formula is C23H26N4O5. The summed E-state index contributed by atoms with van der Waals surface area (Å²) in [7, 11) is 0. The second kappa shape index (κ2) is 10.4. The van der Waals surface area contributed by atoms with Crippen molar-refractivity contribution in [3.05, 3.63) is 65.7 Å². The molecule has 9 nitrogen and oxygen atoms in total. The molecule has 32 heavy (non-hydrogen) atoms. The summed E-state index contributed by atoms with van der Waals surface area (Å²) in [5, 5.41) is 17.0. The predicted molar refractivity (Wildman–Crippen MR) is 117 cm³/mol. The van der Waals surface area contributed by atoms with Gasteiger partial charge in [0.1, 0.15) is 11.6 Å². The first kappa shape index (κ1) is 22.8. The lowest BCUT2D eigenvalue weighted by molar-refractivity contribution is -0.162. The second-order valence-corrected chi connectivity index (χ2v) is 7.44. The van der Waals surface area contributed by atoms with E-state index in [9.17, 15) is 19.5 Å². The van der Waals surface area contributed by atoms with Gasteiger partial charge in [0, 0.05) is 25.2 Å². The van der Waals surface area contributed by atoms with Crippen LogP contribution in [0.25, 0.3) is 0 Å². The van der Waals surface area contributed by atoms with Crippen LogP contribution in [0, 0.1) is 5.41 Å². The smallest absolute Gasteiger partial charge is 0.331 e. The third-order valence-electron chi connectivity index (χ3n) is 5.26. The first-order valence-corrected chi connectivity index (χ1v) is 10.3. The molecule has 0 aromatic heterocycles. The molecule has 2 aromatic carbocycles. The Morgan fingerprint density at radius 2 is 1.72 bits per heavy atom. The van der Waals surface area contributed by atoms with Crippen molar-refractivity contribution in [3.63, 3.8) is 0 Å². The van der Waals surface area contributed by atoms with E-state index in [1.165, 1.54) is 4.90 Å². The molecule has 0 aliphatic carbocycles. The number of aliphatic carboxylic acids is 1. The molecule has 1 heterocycles. The Bertz CT molecular complexity index is 978. The Labute approximate surface area is 185 Å². The fourth-order valence-electron chi connectivity index (χ4n) is 3.57. The summed E-state index contributed by atoms with van der Waals surface area (Å²) in [6.45, 7) is 1.29. The molecule has 9 heteroatoms. The molecule has 0 saturated carbocycles. The zero-order valence-corrected chi connectivity index (χ0v) is 17.6. The number of hydrogen-bond donors (Lipinski definition) is 3. The molecule has 2 amide bonds. The summed E-state index contributed by atoms with van der Waals surface area (Å²) < 4.78 is 5.65. The maximum Gasteiger partial charge on any atom is 0.331 e. The number of nitrogen functional groups attached to an aromatic ring is 1. The summed E-state index contributed by atoms with van der Waals surface area (Å²) >= 11 is 0. The maximum atomic E-state index is 12.6. The third kappa shape index (κ3) is 5.42. The molecule has 0 radical (unpaired) electrons. The molecule has 3 rings (SSSR count). The van der Waals surface area contributed by atoms with Crippen LogP contribution in [0.15, 0.2) is 54.6 Å². The van der Waals surface area contributed by atoms with Crippen LogP contribution >= 0.6 is 0 Å². The van der Waals surface area contributed by atoms with Gasteiger partial charge < -0.3 is 25.4 Å². The number of carbonyl (C=O) groups is 3. The van der Waals surface area contributed by atoms with Crippen LogP contribution in [-0.2, 0) is 14.4 Å². The minimum Gasteiger partial charge on any atom is -0.494 e. The van der Waals surface area contributed by atoms with Crippen molar-refractivity contribution < 1.29 is 24.2 Å². The number of hydrogen-bond acceptors (Lipinski definition) is 5. The average Bonchev–Trinajstić information content (AvgIpc) is 2.78. The van der Waals surface area contributed by atoms with Crippen LogP contribution in [0.4, 0.5) is 0 Å². The van der Waals surface area contributed by atoms with E-state index < -0.39 is 23.8 Å². The quantitative estimate of drug-likeness (QED) is 0.223. The zero-order chi connectivity index (χ0) is 23.1. The number of ether oxygens (including phenoxy) is 1. The topological polar surface area (TPSA) is 137 Å². The number of rotatable bonds is 10. The number of nitrogens with zero attached hydrogens (tertiary/aromatic N) is 2. The number of nitrogens with two attached hydrogens (primary N) is 1. The maximum absolute atomic E-state index is 12.6. The first-order valence-electron chi connectivity index (χ1n) is 10.3. The standard InChI is InChI=1S/C23H26N4O5/c24-20(25)17-8-10-18(11-9-17)32-15-5-4-12-26-13-14-27(22(29)21(26)28)19(23(30)31)16-6-2-1-3-7-16/h1-3,6-11,19H,4-5,12-15H2,(H3,24,25)(H,30,31). The van der Waals surface area contributed by atoms with Gasteiger partial charge in [-0.3, -0.25) is 15.0 Å². The van der Waals surface area contributed by atoms with Crippen molar-refractivity contribution in [3.8, 4) is 5.75 Å². The number of piperazine rings is 1. The minimum atomic E-state index is -1.18. The second-order valence-electron chi connectivity index (χ2n) is 7.44. The Kier molecular flexibility index (Phi) is 7.43. The van der Waals surface area contributed by atoms with Crippen molar-refractivity contribution in [1.29, 1.82) is 5.41 Å². The number of carboxylic acid groups (broad SMARTS) is 1. The van der Waals surface area contributed by atoms with E-state index in [-0.39, 0.29) is 18.9 Å². The fourth-order valence-corrected chi connectivity index (χ4v) is 3.57. The average molecular weight is 438 g/mol. The highest BCUT2D eigenvalue weighted by atomic mass is 16.5. The Balaban J connectivity index is 1.47. The lowest BCUT2D eigenvalue weighted by atomic mass is 10.0. The molecule has 1 unspecified atom stereocenters.